The third-order valence-corrected chi connectivity index (χ3v) is 4.13. The van der Waals surface area contributed by atoms with Crippen molar-refractivity contribution in [1.82, 2.24) is 20.1 Å². The summed E-state index contributed by atoms with van der Waals surface area (Å²) in [6.07, 6.45) is 0.661. The molecule has 7 heteroatoms. The molecule has 2 heterocycles. The highest BCUT2D eigenvalue weighted by Crippen LogP contribution is 2.20. The molecule has 0 amide bonds. The average Bonchev–Trinajstić information content (AvgIpc) is 2.94. The molecule has 1 aromatic carbocycles. The topological polar surface area (TPSA) is 90.7 Å². The molecule has 0 saturated carbocycles. The van der Waals surface area contributed by atoms with Gasteiger partial charge in [0.2, 0.25) is 5.89 Å². The van der Waals surface area contributed by atoms with Crippen molar-refractivity contribution in [3.63, 3.8) is 0 Å². The highest BCUT2D eigenvalue weighted by Gasteiger charge is 2.10. The molecule has 2 aromatic heterocycles. The van der Waals surface area contributed by atoms with Crippen LogP contribution in [-0.2, 0) is 12.2 Å². The van der Waals surface area contributed by atoms with Crippen molar-refractivity contribution in [3.05, 3.63) is 58.9 Å². The molecule has 118 valence electrons. The fourth-order valence-electron chi connectivity index (χ4n) is 2.16. The van der Waals surface area contributed by atoms with Crippen molar-refractivity contribution < 1.29 is 4.52 Å². The Morgan fingerprint density at radius 1 is 1.13 bits per heavy atom. The fraction of sp³-hybridized carbons (Fsp3) is 0.250. The maximum Gasteiger partial charge on any atom is 0.237 e. The van der Waals surface area contributed by atoms with Crippen LogP contribution >= 0.6 is 11.8 Å². The Hall–Kier alpha value is -2.41. The lowest BCUT2D eigenvalue weighted by Gasteiger charge is -2.01. The minimum Gasteiger partial charge on any atom is -0.384 e. The lowest BCUT2D eigenvalue weighted by molar-refractivity contribution is 0.385. The first-order chi connectivity index (χ1) is 11.1. The largest absolute Gasteiger partial charge is 0.384 e. The summed E-state index contributed by atoms with van der Waals surface area (Å²) in [7, 11) is 0. The van der Waals surface area contributed by atoms with Crippen LogP contribution in [0.3, 0.4) is 0 Å². The molecule has 0 atom stereocenters. The highest BCUT2D eigenvalue weighted by molar-refractivity contribution is 7.98. The summed E-state index contributed by atoms with van der Waals surface area (Å²) < 4.78 is 5.29. The molecule has 0 unspecified atom stereocenters. The van der Waals surface area contributed by atoms with Crippen LogP contribution in [-0.4, -0.2) is 20.1 Å². The fourth-order valence-corrected chi connectivity index (χ4v) is 2.90. The molecular formula is C16H17N5OS. The van der Waals surface area contributed by atoms with Gasteiger partial charge in [0.05, 0.1) is 5.75 Å². The van der Waals surface area contributed by atoms with Crippen LogP contribution in [0.2, 0.25) is 0 Å². The number of hydrogen-bond donors (Lipinski definition) is 1. The van der Waals surface area contributed by atoms with E-state index < -0.39 is 0 Å². The highest BCUT2D eigenvalue weighted by atomic mass is 32.2. The average molecular weight is 327 g/mol. The Bertz CT molecular complexity index is 797. The van der Waals surface area contributed by atoms with Crippen LogP contribution in [0.5, 0.6) is 0 Å². The Morgan fingerprint density at radius 2 is 1.96 bits per heavy atom. The van der Waals surface area contributed by atoms with E-state index in [4.69, 9.17) is 10.3 Å². The molecule has 0 aliphatic carbocycles. The zero-order valence-corrected chi connectivity index (χ0v) is 13.8. The molecule has 2 N–H and O–H groups in total. The van der Waals surface area contributed by atoms with Crippen LogP contribution in [0, 0.1) is 13.8 Å². The maximum atomic E-state index is 5.72. The van der Waals surface area contributed by atoms with Gasteiger partial charge in [-0.25, -0.2) is 9.97 Å². The molecule has 3 aromatic rings. The van der Waals surface area contributed by atoms with E-state index in [0.717, 1.165) is 5.69 Å². The predicted molar refractivity (Wildman–Crippen MR) is 89.0 cm³/mol. The second kappa shape index (κ2) is 6.78. The smallest absolute Gasteiger partial charge is 0.237 e. The lowest BCUT2D eigenvalue weighted by atomic mass is 10.1. The first-order valence-corrected chi connectivity index (χ1v) is 8.18. The third kappa shape index (κ3) is 4.07. The molecule has 0 aliphatic heterocycles. The van der Waals surface area contributed by atoms with E-state index >= 15 is 0 Å². The van der Waals surface area contributed by atoms with Crippen LogP contribution in [0.1, 0.15) is 28.5 Å². The second-order valence-electron chi connectivity index (χ2n) is 5.21. The maximum absolute atomic E-state index is 5.72. The summed E-state index contributed by atoms with van der Waals surface area (Å²) in [5.41, 5.74) is 8.97. The number of aromatic nitrogens is 4. The Balaban J connectivity index is 1.64. The number of nitrogens with zero attached hydrogens (tertiary/aromatic N) is 4. The monoisotopic (exact) mass is 327 g/mol. The SMILES string of the molecule is Cc1cc(N)nc(SCc2nc(Cc3ccccc3C)no2)n1. The van der Waals surface area contributed by atoms with Gasteiger partial charge in [-0.3, -0.25) is 0 Å². The number of nitrogen functional groups attached to an aromatic ring is 1. The molecule has 0 spiro atoms. The molecule has 6 nitrogen and oxygen atoms in total. The number of aryl methyl sites for hydroxylation is 2. The van der Waals surface area contributed by atoms with Crippen LogP contribution in [0.15, 0.2) is 40.0 Å². The molecule has 0 fully saturated rings. The van der Waals surface area contributed by atoms with E-state index in [-0.39, 0.29) is 0 Å². The van der Waals surface area contributed by atoms with E-state index in [1.165, 1.54) is 22.9 Å². The lowest BCUT2D eigenvalue weighted by Crippen LogP contribution is -1.97. The van der Waals surface area contributed by atoms with Gasteiger partial charge in [-0.1, -0.05) is 41.2 Å². The summed E-state index contributed by atoms with van der Waals surface area (Å²) in [4.78, 5) is 12.9. The van der Waals surface area contributed by atoms with Gasteiger partial charge < -0.3 is 10.3 Å². The summed E-state index contributed by atoms with van der Waals surface area (Å²) in [6, 6.07) is 9.91. The van der Waals surface area contributed by atoms with Crippen LogP contribution in [0.25, 0.3) is 0 Å². The molecule has 0 aliphatic rings. The summed E-state index contributed by atoms with van der Waals surface area (Å²) in [5.74, 6) is 2.22. The number of benzene rings is 1. The van der Waals surface area contributed by atoms with Crippen LogP contribution < -0.4 is 5.73 Å². The molecular weight excluding hydrogens is 310 g/mol. The van der Waals surface area contributed by atoms with Gasteiger partial charge in [-0.2, -0.15) is 4.98 Å². The van der Waals surface area contributed by atoms with Crippen molar-refractivity contribution in [3.8, 4) is 0 Å². The van der Waals surface area contributed by atoms with E-state index in [2.05, 4.69) is 39.2 Å². The Labute approximate surface area is 138 Å². The van der Waals surface area contributed by atoms with Gasteiger partial charge >= 0.3 is 0 Å². The van der Waals surface area contributed by atoms with Crippen LogP contribution in [0.4, 0.5) is 5.82 Å². The summed E-state index contributed by atoms with van der Waals surface area (Å²) >= 11 is 1.43. The first-order valence-electron chi connectivity index (χ1n) is 7.20. The molecule has 0 bridgehead atoms. The standard InChI is InChI=1S/C16H17N5OS/c1-10-5-3-4-6-12(10)8-14-20-15(22-21-14)9-23-16-18-11(2)7-13(17)19-16/h3-7H,8-9H2,1-2H3,(H2,17,18,19). The van der Waals surface area contributed by atoms with E-state index in [9.17, 15) is 0 Å². The van der Waals surface area contributed by atoms with Crippen molar-refractivity contribution >= 4 is 17.6 Å². The normalized spacial score (nSPS) is 10.9. The van der Waals surface area contributed by atoms with E-state index in [0.29, 0.717) is 34.9 Å². The molecule has 0 saturated heterocycles. The van der Waals surface area contributed by atoms with Crippen molar-refractivity contribution in [2.75, 3.05) is 5.73 Å². The molecule has 0 radical (unpaired) electrons. The van der Waals surface area contributed by atoms with Gasteiger partial charge in [-0.15, -0.1) is 0 Å². The number of anilines is 1. The van der Waals surface area contributed by atoms with Crippen molar-refractivity contribution in [1.29, 1.82) is 0 Å². The van der Waals surface area contributed by atoms with Crippen molar-refractivity contribution in [2.45, 2.75) is 31.2 Å². The minimum absolute atomic E-state index is 0.464. The minimum atomic E-state index is 0.464. The third-order valence-electron chi connectivity index (χ3n) is 3.30. The molecule has 23 heavy (non-hydrogen) atoms. The van der Waals surface area contributed by atoms with Gasteiger partial charge in [0.25, 0.3) is 0 Å². The van der Waals surface area contributed by atoms with Gasteiger partial charge in [0.15, 0.2) is 11.0 Å². The summed E-state index contributed by atoms with van der Waals surface area (Å²) in [6.45, 7) is 3.96. The van der Waals surface area contributed by atoms with Crippen molar-refractivity contribution in [2.24, 2.45) is 0 Å². The molecule has 3 rings (SSSR count). The van der Waals surface area contributed by atoms with E-state index in [1.54, 1.807) is 6.07 Å². The Morgan fingerprint density at radius 3 is 2.74 bits per heavy atom. The van der Waals surface area contributed by atoms with Gasteiger partial charge in [0.1, 0.15) is 5.82 Å². The number of thioether (sulfide) groups is 1. The quantitative estimate of drug-likeness (QED) is 0.569. The second-order valence-corrected chi connectivity index (χ2v) is 6.16. The summed E-state index contributed by atoms with van der Waals surface area (Å²) in [5, 5.41) is 4.65. The number of hydrogen-bond acceptors (Lipinski definition) is 7. The van der Waals surface area contributed by atoms with Gasteiger partial charge in [0, 0.05) is 18.2 Å². The van der Waals surface area contributed by atoms with Gasteiger partial charge in [-0.05, 0) is 25.0 Å². The zero-order chi connectivity index (χ0) is 16.2. The first kappa shape index (κ1) is 15.5. The zero-order valence-electron chi connectivity index (χ0n) is 13.0. The number of nitrogens with two attached hydrogens (primary N) is 1. The number of rotatable bonds is 5. The van der Waals surface area contributed by atoms with E-state index in [1.807, 2.05) is 19.1 Å². The Kier molecular flexibility index (Phi) is 4.57. The predicted octanol–water partition coefficient (Wildman–Crippen LogP) is 2.94.